The van der Waals surface area contributed by atoms with Gasteiger partial charge in [-0.05, 0) is 150 Å². The van der Waals surface area contributed by atoms with Crippen LogP contribution >= 0.6 is 0 Å². The van der Waals surface area contributed by atoms with Gasteiger partial charge in [-0.2, -0.15) is 5.26 Å². The lowest BCUT2D eigenvalue weighted by atomic mass is 9.97. The van der Waals surface area contributed by atoms with Crippen molar-refractivity contribution in [2.24, 2.45) is 0 Å². The fraction of sp³-hybridized carbons (Fsp3) is 0.348. The average Bonchev–Trinajstić information content (AvgIpc) is 3.05. The summed E-state index contributed by atoms with van der Waals surface area (Å²) < 4.78 is 0. The van der Waals surface area contributed by atoms with Crippen LogP contribution in [-0.2, 0) is 26.2 Å². The zero-order valence-electron chi connectivity index (χ0n) is 33.1. The highest BCUT2D eigenvalue weighted by Gasteiger charge is 2.28. The molecule has 6 heteroatoms. The molecule has 0 amide bonds. The molecule has 0 aliphatic carbocycles. The highest BCUT2D eigenvalue weighted by Crippen LogP contribution is 2.36. The van der Waals surface area contributed by atoms with E-state index in [2.05, 4.69) is 152 Å². The van der Waals surface area contributed by atoms with Crippen LogP contribution in [0.2, 0.25) is 0 Å². The van der Waals surface area contributed by atoms with Gasteiger partial charge in [-0.3, -0.25) is 0 Å². The quantitative estimate of drug-likeness (QED) is 0.137. The smallest absolute Gasteiger partial charge is 0.314 e. The average molecular weight is 689 g/mol. The third-order valence-corrected chi connectivity index (χ3v) is 10.4. The fourth-order valence-corrected chi connectivity index (χ4v) is 8.00. The van der Waals surface area contributed by atoms with Gasteiger partial charge in [-0.15, -0.1) is 0 Å². The van der Waals surface area contributed by atoms with Crippen molar-refractivity contribution < 1.29 is 0 Å². The molecule has 52 heavy (non-hydrogen) atoms. The van der Waals surface area contributed by atoms with Crippen LogP contribution in [0.5, 0.6) is 0 Å². The molecular formula is C46H52N6. The van der Waals surface area contributed by atoms with Gasteiger partial charge in [0.15, 0.2) is 5.82 Å². The highest BCUT2D eigenvalue weighted by atomic mass is 15.3. The van der Waals surface area contributed by atoms with Gasteiger partial charge in [0.05, 0.1) is 0 Å². The Hall–Kier alpha value is -5.46. The fourth-order valence-electron chi connectivity index (χ4n) is 8.00. The van der Waals surface area contributed by atoms with Crippen LogP contribution < -0.4 is 9.80 Å². The summed E-state index contributed by atoms with van der Waals surface area (Å²) in [5.41, 5.74) is 19.3. The molecule has 5 rings (SSSR count). The Morgan fingerprint density at radius 2 is 0.750 bits per heavy atom. The lowest BCUT2D eigenvalue weighted by molar-refractivity contribution is 0.748. The number of aryl methyl sites for hydroxylation is 12. The van der Waals surface area contributed by atoms with Crippen LogP contribution in [0.25, 0.3) is 4.85 Å². The van der Waals surface area contributed by atoms with Crippen molar-refractivity contribution in [2.45, 2.75) is 109 Å². The zero-order valence-corrected chi connectivity index (χ0v) is 33.1. The van der Waals surface area contributed by atoms with Gasteiger partial charge < -0.3 is 14.6 Å². The number of hydrogen-bond donors (Lipinski definition) is 0. The molecule has 266 valence electrons. The molecule has 0 bridgehead atoms. The van der Waals surface area contributed by atoms with Crippen LogP contribution in [0, 0.1) is 101 Å². The number of rotatable bonds is 10. The molecule has 4 aromatic carbocycles. The topological polar surface area (TPSA) is 60.4 Å². The molecule has 0 N–H and O–H groups in total. The van der Waals surface area contributed by atoms with Crippen molar-refractivity contribution in [3.63, 3.8) is 0 Å². The third kappa shape index (κ3) is 8.03. The van der Waals surface area contributed by atoms with E-state index in [1.807, 2.05) is 0 Å². The maximum atomic E-state index is 10.8. The van der Waals surface area contributed by atoms with Crippen LogP contribution in [0.4, 0.5) is 17.5 Å². The van der Waals surface area contributed by atoms with E-state index in [1.165, 1.54) is 89.0 Å². The summed E-state index contributed by atoms with van der Waals surface area (Å²) >= 11 is 0. The second-order valence-corrected chi connectivity index (χ2v) is 15.0. The maximum absolute atomic E-state index is 10.8. The van der Waals surface area contributed by atoms with Crippen molar-refractivity contribution in [3.05, 3.63) is 155 Å². The number of hydrogen-bond acceptors (Lipinski definition) is 5. The summed E-state index contributed by atoms with van der Waals surface area (Å²) in [6.07, 6.45) is 0. The van der Waals surface area contributed by atoms with E-state index in [-0.39, 0.29) is 11.5 Å². The van der Waals surface area contributed by atoms with Gasteiger partial charge in [0.1, 0.15) is 6.07 Å². The van der Waals surface area contributed by atoms with Crippen molar-refractivity contribution in [1.29, 1.82) is 5.26 Å². The summed E-state index contributed by atoms with van der Waals surface area (Å²) in [6.45, 7) is 36.2. The molecule has 0 saturated heterocycles. The molecule has 0 aliphatic heterocycles. The lowest BCUT2D eigenvalue weighted by Gasteiger charge is -2.30. The molecule has 1 heterocycles. The molecule has 0 spiro atoms. The molecule has 0 aliphatic rings. The Kier molecular flexibility index (Phi) is 11.2. The number of aromatic nitrogens is 2. The second kappa shape index (κ2) is 15.4. The molecule has 5 aromatic rings. The first-order chi connectivity index (χ1) is 24.6. The van der Waals surface area contributed by atoms with Crippen molar-refractivity contribution in [3.8, 4) is 6.07 Å². The summed E-state index contributed by atoms with van der Waals surface area (Å²) in [7, 11) is 0. The predicted octanol–water partition coefficient (Wildman–Crippen LogP) is 11.0. The molecule has 6 nitrogen and oxygen atoms in total. The number of nitrogens with zero attached hydrogens (tertiary/aromatic N) is 6. The number of nitriles is 1. The SMILES string of the molecule is [C-]#[N+]c1nc(N(Cc2c(C)cc(C)cc2C)Cc2c(C)cc(C)cc2C)c(C#N)nc1N(Cc1c(C)cc(C)cc1C)Cc1c(C)cc(C)cc1C. The van der Waals surface area contributed by atoms with E-state index in [1.54, 1.807) is 0 Å². The maximum Gasteiger partial charge on any atom is 0.314 e. The Bertz CT molecular complexity index is 1890. The van der Waals surface area contributed by atoms with E-state index in [0.29, 0.717) is 37.8 Å². The minimum atomic E-state index is 0.193. The monoisotopic (exact) mass is 688 g/mol. The van der Waals surface area contributed by atoms with Crippen molar-refractivity contribution in [1.82, 2.24) is 9.97 Å². The summed E-state index contributed by atoms with van der Waals surface area (Å²) in [5.74, 6) is 1.05. The van der Waals surface area contributed by atoms with E-state index < -0.39 is 0 Å². The molecule has 0 atom stereocenters. The van der Waals surface area contributed by atoms with Gasteiger partial charge in [-0.25, -0.2) is 4.98 Å². The van der Waals surface area contributed by atoms with Gasteiger partial charge in [-0.1, -0.05) is 82.3 Å². The first kappa shape index (κ1) is 37.8. The van der Waals surface area contributed by atoms with Gasteiger partial charge in [0, 0.05) is 26.2 Å². The van der Waals surface area contributed by atoms with Gasteiger partial charge in [0.2, 0.25) is 5.69 Å². The number of benzene rings is 4. The molecule has 0 radical (unpaired) electrons. The standard InChI is InChI=1S/C46H52N6/c1-27-14-31(5)39(32(6)15-27)23-51(24-40-33(7)16-28(2)17-34(40)8)45-43(22-47)49-46(44(48-13)50-45)52(25-41-35(9)18-29(3)19-36(41)10)26-42-37(11)20-30(4)21-38(42)12/h14-21H,23-26H2,1-12H3. The molecular weight excluding hydrogens is 637 g/mol. The molecule has 0 unspecified atom stereocenters. The highest BCUT2D eigenvalue weighted by molar-refractivity contribution is 5.69. The van der Waals surface area contributed by atoms with Crippen molar-refractivity contribution >= 4 is 17.5 Å². The van der Waals surface area contributed by atoms with Gasteiger partial charge >= 0.3 is 5.82 Å². The van der Waals surface area contributed by atoms with E-state index in [0.717, 1.165) is 0 Å². The Labute approximate surface area is 311 Å². The van der Waals surface area contributed by atoms with E-state index in [9.17, 15) is 5.26 Å². The van der Waals surface area contributed by atoms with E-state index in [4.69, 9.17) is 16.5 Å². The minimum Gasteiger partial charge on any atom is -0.358 e. The first-order valence-corrected chi connectivity index (χ1v) is 18.1. The molecule has 0 fully saturated rings. The van der Waals surface area contributed by atoms with Crippen LogP contribution in [0.3, 0.4) is 0 Å². The zero-order chi connectivity index (χ0) is 38.0. The normalized spacial score (nSPS) is 11.0. The molecule has 0 saturated carbocycles. The Morgan fingerprint density at radius 3 is 1.00 bits per heavy atom. The third-order valence-electron chi connectivity index (χ3n) is 10.4. The first-order valence-electron chi connectivity index (χ1n) is 18.1. The lowest BCUT2D eigenvalue weighted by Crippen LogP contribution is -2.29. The summed E-state index contributed by atoms with van der Waals surface area (Å²) in [4.78, 5) is 18.5. The van der Waals surface area contributed by atoms with Crippen LogP contribution in [0.1, 0.15) is 94.7 Å². The van der Waals surface area contributed by atoms with Crippen LogP contribution in [-0.4, -0.2) is 9.97 Å². The summed E-state index contributed by atoms with van der Waals surface area (Å²) in [6, 6.07) is 20.0. The molecule has 1 aromatic heterocycles. The summed E-state index contributed by atoms with van der Waals surface area (Å²) in [5, 5.41) is 10.8. The Morgan fingerprint density at radius 1 is 0.481 bits per heavy atom. The van der Waals surface area contributed by atoms with Gasteiger partial charge in [0.25, 0.3) is 5.82 Å². The van der Waals surface area contributed by atoms with Crippen LogP contribution in [0.15, 0.2) is 48.5 Å². The van der Waals surface area contributed by atoms with Crippen molar-refractivity contribution in [2.75, 3.05) is 9.80 Å². The number of anilines is 2. The second-order valence-electron chi connectivity index (χ2n) is 15.0. The van der Waals surface area contributed by atoms with E-state index >= 15 is 0 Å². The Balaban J connectivity index is 1.72. The predicted molar refractivity (Wildman–Crippen MR) is 215 cm³/mol. The minimum absolute atomic E-state index is 0.193. The largest absolute Gasteiger partial charge is 0.358 e.